The molecule has 2 fully saturated rings. The van der Waals surface area contributed by atoms with Gasteiger partial charge in [-0.15, -0.1) is 0 Å². The van der Waals surface area contributed by atoms with Crippen molar-refractivity contribution in [2.45, 2.75) is 45.1 Å². The van der Waals surface area contributed by atoms with E-state index in [0.29, 0.717) is 50.3 Å². The van der Waals surface area contributed by atoms with E-state index in [0.717, 1.165) is 41.0 Å². The molecule has 3 heterocycles. The number of aryl methyl sites for hydroxylation is 1. The summed E-state index contributed by atoms with van der Waals surface area (Å²) in [6.45, 7) is 6.16. The summed E-state index contributed by atoms with van der Waals surface area (Å²) >= 11 is 0. The van der Waals surface area contributed by atoms with Gasteiger partial charge in [-0.3, -0.25) is 4.79 Å². The van der Waals surface area contributed by atoms with Crippen molar-refractivity contribution in [1.29, 1.82) is 0 Å². The highest BCUT2D eigenvalue weighted by Crippen LogP contribution is 2.46. The predicted molar refractivity (Wildman–Crippen MR) is 130 cm³/mol. The summed E-state index contributed by atoms with van der Waals surface area (Å²) in [4.78, 5) is 26.4. The van der Waals surface area contributed by atoms with Crippen LogP contribution in [0.4, 0.5) is 10.2 Å². The first-order chi connectivity index (χ1) is 16.9. The SMILES string of the molecule is COCCC(=O)N1CCN(c2nc(C3CC3)c(-c3ccc(F)cc3)cc2-c2nc(C)no2)CC1C. The van der Waals surface area contributed by atoms with Crippen molar-refractivity contribution in [3.63, 3.8) is 0 Å². The number of aromatic nitrogens is 3. The monoisotopic (exact) mass is 479 g/mol. The number of amides is 1. The van der Waals surface area contributed by atoms with Crippen LogP contribution in [0.25, 0.3) is 22.6 Å². The van der Waals surface area contributed by atoms with Crippen LogP contribution in [-0.2, 0) is 9.53 Å². The Balaban J connectivity index is 1.53. The van der Waals surface area contributed by atoms with Gasteiger partial charge in [0, 0.05) is 44.3 Å². The molecule has 1 saturated carbocycles. The Kier molecular flexibility index (Phi) is 6.51. The maximum Gasteiger partial charge on any atom is 0.261 e. The van der Waals surface area contributed by atoms with Crippen molar-refractivity contribution >= 4 is 11.7 Å². The van der Waals surface area contributed by atoms with Gasteiger partial charge in [0.25, 0.3) is 5.89 Å². The van der Waals surface area contributed by atoms with Crippen molar-refractivity contribution < 1.29 is 18.4 Å². The average Bonchev–Trinajstić information content (AvgIpc) is 3.62. The fraction of sp³-hybridized carbons (Fsp3) is 0.462. The Morgan fingerprint density at radius 2 is 1.94 bits per heavy atom. The molecule has 0 N–H and O–H groups in total. The average molecular weight is 480 g/mol. The summed E-state index contributed by atoms with van der Waals surface area (Å²) < 4.78 is 24.3. The maximum absolute atomic E-state index is 13.6. The number of halogens is 1. The summed E-state index contributed by atoms with van der Waals surface area (Å²) in [5, 5.41) is 4.00. The number of rotatable bonds is 7. The van der Waals surface area contributed by atoms with Crippen LogP contribution in [0.15, 0.2) is 34.9 Å². The van der Waals surface area contributed by atoms with E-state index >= 15 is 0 Å². The zero-order chi connectivity index (χ0) is 24.5. The molecule has 1 aromatic carbocycles. The molecular weight excluding hydrogens is 449 g/mol. The van der Waals surface area contributed by atoms with Gasteiger partial charge in [0.1, 0.15) is 11.6 Å². The topological polar surface area (TPSA) is 84.6 Å². The molecule has 2 aromatic heterocycles. The lowest BCUT2D eigenvalue weighted by atomic mass is 9.98. The Morgan fingerprint density at radius 1 is 1.17 bits per heavy atom. The smallest absolute Gasteiger partial charge is 0.261 e. The minimum Gasteiger partial charge on any atom is -0.384 e. The standard InChI is InChI=1S/C26H30FN5O3/c1-16-15-31(11-12-32(16)23(33)10-13-34-3)25-22(26-28-17(2)30-35-26)14-21(24(29-25)19-4-5-19)18-6-8-20(27)9-7-18/h6-9,14,16,19H,4-5,10-13,15H2,1-3H3. The van der Waals surface area contributed by atoms with Crippen LogP contribution in [0.1, 0.15) is 43.6 Å². The number of methoxy groups -OCH3 is 1. The first-order valence-corrected chi connectivity index (χ1v) is 12.1. The van der Waals surface area contributed by atoms with E-state index in [1.54, 1.807) is 26.2 Å². The number of carbonyl (C=O) groups is 1. The Labute approximate surface area is 204 Å². The highest BCUT2D eigenvalue weighted by Gasteiger charge is 2.34. The number of benzene rings is 1. The van der Waals surface area contributed by atoms with Gasteiger partial charge in [-0.25, -0.2) is 9.37 Å². The summed E-state index contributed by atoms with van der Waals surface area (Å²) in [7, 11) is 1.61. The van der Waals surface area contributed by atoms with Crippen LogP contribution in [-0.4, -0.2) is 65.3 Å². The molecule has 35 heavy (non-hydrogen) atoms. The molecule has 0 spiro atoms. The Morgan fingerprint density at radius 3 is 2.57 bits per heavy atom. The lowest BCUT2D eigenvalue weighted by Crippen LogP contribution is -2.54. The van der Waals surface area contributed by atoms with Crippen LogP contribution in [0, 0.1) is 12.7 Å². The number of nitrogens with zero attached hydrogens (tertiary/aromatic N) is 5. The first-order valence-electron chi connectivity index (χ1n) is 12.1. The fourth-order valence-corrected chi connectivity index (χ4v) is 4.70. The van der Waals surface area contributed by atoms with Crippen LogP contribution in [0.3, 0.4) is 0 Å². The van der Waals surface area contributed by atoms with E-state index < -0.39 is 0 Å². The van der Waals surface area contributed by atoms with Crippen molar-refractivity contribution in [2.75, 3.05) is 38.3 Å². The third-order valence-corrected chi connectivity index (χ3v) is 6.68. The molecule has 5 rings (SSSR count). The zero-order valence-electron chi connectivity index (χ0n) is 20.3. The van der Waals surface area contributed by atoms with Gasteiger partial charge in [0.05, 0.1) is 24.3 Å². The molecule has 184 valence electrons. The van der Waals surface area contributed by atoms with Crippen LogP contribution >= 0.6 is 0 Å². The predicted octanol–water partition coefficient (Wildman–Crippen LogP) is 4.20. The summed E-state index contributed by atoms with van der Waals surface area (Å²) in [5.41, 5.74) is 3.63. The normalized spacial score (nSPS) is 18.2. The minimum atomic E-state index is -0.272. The lowest BCUT2D eigenvalue weighted by Gasteiger charge is -2.41. The second-order valence-electron chi connectivity index (χ2n) is 9.35. The molecule has 8 nitrogen and oxygen atoms in total. The number of ether oxygens (including phenoxy) is 1. The van der Waals surface area contributed by atoms with Gasteiger partial charge in [0.2, 0.25) is 5.91 Å². The van der Waals surface area contributed by atoms with Gasteiger partial charge in [-0.05, 0) is 50.5 Å². The van der Waals surface area contributed by atoms with Crippen LogP contribution in [0.2, 0.25) is 0 Å². The molecule has 1 aliphatic heterocycles. The molecule has 3 aromatic rings. The van der Waals surface area contributed by atoms with E-state index in [-0.39, 0.29) is 17.8 Å². The van der Waals surface area contributed by atoms with Crippen LogP contribution < -0.4 is 4.90 Å². The molecule has 1 aliphatic carbocycles. The highest BCUT2D eigenvalue weighted by molar-refractivity contribution is 5.80. The zero-order valence-corrected chi connectivity index (χ0v) is 20.3. The third kappa shape index (κ3) is 4.91. The molecule has 1 amide bonds. The fourth-order valence-electron chi connectivity index (χ4n) is 4.70. The van der Waals surface area contributed by atoms with Gasteiger partial charge in [-0.2, -0.15) is 4.98 Å². The van der Waals surface area contributed by atoms with Crippen molar-refractivity contribution in [2.24, 2.45) is 0 Å². The largest absolute Gasteiger partial charge is 0.384 e. The van der Waals surface area contributed by atoms with Gasteiger partial charge in [-0.1, -0.05) is 17.3 Å². The third-order valence-electron chi connectivity index (χ3n) is 6.68. The Hall–Kier alpha value is -3.33. The second-order valence-corrected chi connectivity index (χ2v) is 9.35. The van der Waals surface area contributed by atoms with Gasteiger partial charge >= 0.3 is 0 Å². The molecule has 1 atom stereocenters. The van der Waals surface area contributed by atoms with Crippen molar-refractivity contribution in [3.8, 4) is 22.6 Å². The van der Waals surface area contributed by atoms with Crippen molar-refractivity contribution in [3.05, 3.63) is 47.7 Å². The number of hydrogen-bond donors (Lipinski definition) is 0. The van der Waals surface area contributed by atoms with Crippen molar-refractivity contribution in [1.82, 2.24) is 20.0 Å². The minimum absolute atomic E-state index is 0.0216. The molecule has 9 heteroatoms. The van der Waals surface area contributed by atoms with Gasteiger partial charge in [0.15, 0.2) is 5.82 Å². The second kappa shape index (κ2) is 9.73. The number of piperazine rings is 1. The molecular formula is C26H30FN5O3. The molecule has 0 radical (unpaired) electrons. The maximum atomic E-state index is 13.6. The van der Waals surface area contributed by atoms with E-state index in [4.69, 9.17) is 14.2 Å². The van der Waals surface area contributed by atoms with Gasteiger partial charge < -0.3 is 19.1 Å². The number of carbonyl (C=O) groups excluding carboxylic acids is 1. The summed E-state index contributed by atoms with van der Waals surface area (Å²) in [5.74, 6) is 1.94. The summed E-state index contributed by atoms with van der Waals surface area (Å²) in [6, 6.07) is 8.58. The van der Waals surface area contributed by atoms with E-state index in [1.807, 2.05) is 4.90 Å². The van der Waals surface area contributed by atoms with E-state index in [1.165, 1.54) is 12.1 Å². The van der Waals surface area contributed by atoms with E-state index in [2.05, 4.69) is 28.0 Å². The number of hydrogen-bond acceptors (Lipinski definition) is 7. The van der Waals surface area contributed by atoms with Crippen LogP contribution in [0.5, 0.6) is 0 Å². The highest BCUT2D eigenvalue weighted by atomic mass is 19.1. The number of pyridine rings is 1. The molecule has 1 saturated heterocycles. The summed E-state index contributed by atoms with van der Waals surface area (Å²) in [6.07, 6.45) is 2.54. The lowest BCUT2D eigenvalue weighted by molar-refractivity contribution is -0.134. The molecule has 2 aliphatic rings. The molecule has 1 unspecified atom stereocenters. The van der Waals surface area contributed by atoms with E-state index in [9.17, 15) is 9.18 Å². The molecule has 0 bridgehead atoms. The Bertz CT molecular complexity index is 1210. The quantitative estimate of drug-likeness (QED) is 0.502. The number of anilines is 1. The first kappa shape index (κ1) is 23.4.